The number of hydrogen-bond donors (Lipinski definition) is 3. The number of aromatic hydroxyl groups is 2. The van der Waals surface area contributed by atoms with Crippen LogP contribution in [0, 0.1) is 5.82 Å². The number of nitrogens with zero attached hydrogens (tertiary/aromatic N) is 1. The quantitative estimate of drug-likeness (QED) is 0.734. The van der Waals surface area contributed by atoms with Crippen LogP contribution in [0.15, 0.2) is 21.1 Å². The molecule has 1 aromatic heterocycles. The normalized spacial score (nSPS) is 10.6. The first-order chi connectivity index (χ1) is 8.41. The third kappa shape index (κ3) is 1.90. The summed E-state index contributed by atoms with van der Waals surface area (Å²) in [4.78, 5) is 10.6. The third-order valence-corrected chi connectivity index (χ3v) is 2.74. The number of phenolic OH excluding ortho intramolecular Hbond substituents is 2. The van der Waals surface area contributed by atoms with E-state index in [2.05, 4.69) is 21.1 Å². The van der Waals surface area contributed by atoms with Crippen molar-refractivity contribution in [2.75, 3.05) is 0 Å². The first kappa shape index (κ1) is 12.4. The van der Waals surface area contributed by atoms with Crippen LogP contribution in [0.5, 0.6) is 11.5 Å². The molecule has 1 heterocycles. The van der Waals surface area contributed by atoms with Gasteiger partial charge in [0.2, 0.25) is 0 Å². The highest BCUT2D eigenvalue weighted by Gasteiger charge is 2.21. The van der Waals surface area contributed by atoms with E-state index in [-0.39, 0.29) is 21.5 Å². The van der Waals surface area contributed by atoms with E-state index in [1.165, 1.54) is 0 Å². The molecule has 8 heteroatoms. The molecule has 0 spiro atoms. The SMILES string of the molecule is O=C(O)c1cc(-c2cc(Br)c(F)c(O)c2O)on1. The molecule has 0 aliphatic heterocycles. The van der Waals surface area contributed by atoms with E-state index in [4.69, 9.17) is 9.63 Å². The molecule has 0 radical (unpaired) electrons. The average molecular weight is 318 g/mol. The summed E-state index contributed by atoms with van der Waals surface area (Å²) in [5, 5.41) is 30.8. The van der Waals surface area contributed by atoms with E-state index in [0.29, 0.717) is 0 Å². The Balaban J connectivity index is 2.60. The van der Waals surface area contributed by atoms with Crippen LogP contribution in [-0.2, 0) is 0 Å². The minimum absolute atomic E-state index is 0.0826. The van der Waals surface area contributed by atoms with Gasteiger partial charge in [0.1, 0.15) is 0 Å². The third-order valence-electron chi connectivity index (χ3n) is 2.16. The first-order valence-electron chi connectivity index (χ1n) is 4.52. The lowest BCUT2D eigenvalue weighted by Gasteiger charge is -2.05. The summed E-state index contributed by atoms with van der Waals surface area (Å²) in [5.41, 5.74) is -0.454. The van der Waals surface area contributed by atoms with Gasteiger partial charge in [0, 0.05) is 6.07 Å². The highest BCUT2D eigenvalue weighted by atomic mass is 79.9. The Bertz CT molecular complexity index is 639. The van der Waals surface area contributed by atoms with Crippen LogP contribution in [0.25, 0.3) is 11.3 Å². The van der Waals surface area contributed by atoms with Gasteiger partial charge in [0.15, 0.2) is 28.8 Å². The van der Waals surface area contributed by atoms with Crippen molar-refractivity contribution in [1.29, 1.82) is 0 Å². The number of carbonyl (C=O) groups is 1. The highest BCUT2D eigenvalue weighted by molar-refractivity contribution is 9.10. The Morgan fingerprint density at radius 1 is 1.33 bits per heavy atom. The summed E-state index contributed by atoms with van der Waals surface area (Å²) in [5.74, 6) is -4.18. The molecule has 2 rings (SSSR count). The maximum Gasteiger partial charge on any atom is 0.358 e. The molecule has 0 fully saturated rings. The summed E-state index contributed by atoms with van der Waals surface area (Å²) < 4.78 is 17.8. The molecule has 0 aliphatic carbocycles. The Morgan fingerprint density at radius 3 is 2.56 bits per heavy atom. The minimum Gasteiger partial charge on any atom is -0.504 e. The van der Waals surface area contributed by atoms with Gasteiger partial charge in [-0.3, -0.25) is 0 Å². The largest absolute Gasteiger partial charge is 0.504 e. The zero-order valence-electron chi connectivity index (χ0n) is 8.52. The number of aromatic carboxylic acids is 1. The number of benzene rings is 1. The van der Waals surface area contributed by atoms with Gasteiger partial charge in [-0.25, -0.2) is 9.18 Å². The number of aromatic nitrogens is 1. The van der Waals surface area contributed by atoms with Crippen LogP contribution in [0.3, 0.4) is 0 Å². The fourth-order valence-corrected chi connectivity index (χ4v) is 1.71. The zero-order chi connectivity index (χ0) is 13.4. The van der Waals surface area contributed by atoms with Crippen LogP contribution in [0.1, 0.15) is 10.5 Å². The zero-order valence-corrected chi connectivity index (χ0v) is 10.1. The second kappa shape index (κ2) is 4.30. The molecule has 0 aliphatic rings. The lowest BCUT2D eigenvalue weighted by Crippen LogP contribution is -1.94. The summed E-state index contributed by atoms with van der Waals surface area (Å²) >= 11 is 2.84. The van der Waals surface area contributed by atoms with E-state index >= 15 is 0 Å². The number of phenols is 2. The number of halogens is 2. The van der Waals surface area contributed by atoms with Crippen LogP contribution in [0.4, 0.5) is 4.39 Å². The molecular weight excluding hydrogens is 313 g/mol. The Hall–Kier alpha value is -2.09. The highest BCUT2D eigenvalue weighted by Crippen LogP contribution is 2.41. The second-order valence-electron chi connectivity index (χ2n) is 3.30. The maximum absolute atomic E-state index is 13.2. The molecule has 2 aromatic rings. The molecule has 94 valence electrons. The van der Waals surface area contributed by atoms with Crippen LogP contribution in [-0.4, -0.2) is 26.4 Å². The fraction of sp³-hybridized carbons (Fsp3) is 0. The molecule has 0 bridgehead atoms. The van der Waals surface area contributed by atoms with Crippen molar-refractivity contribution in [1.82, 2.24) is 5.16 Å². The lowest BCUT2D eigenvalue weighted by molar-refractivity contribution is 0.0686. The number of hydrogen-bond acceptors (Lipinski definition) is 5. The average Bonchev–Trinajstić information content (AvgIpc) is 2.80. The molecule has 0 amide bonds. The summed E-state index contributed by atoms with van der Waals surface area (Å²) in [6, 6.07) is 2.18. The van der Waals surface area contributed by atoms with Gasteiger partial charge in [0.25, 0.3) is 0 Å². The molecule has 0 atom stereocenters. The van der Waals surface area contributed by atoms with Crippen molar-refractivity contribution in [3.63, 3.8) is 0 Å². The van der Waals surface area contributed by atoms with E-state index in [9.17, 15) is 19.4 Å². The molecule has 0 saturated carbocycles. The number of rotatable bonds is 2. The van der Waals surface area contributed by atoms with Gasteiger partial charge in [-0.15, -0.1) is 0 Å². The van der Waals surface area contributed by atoms with Gasteiger partial charge in [-0.05, 0) is 22.0 Å². The van der Waals surface area contributed by atoms with Crippen molar-refractivity contribution in [3.05, 3.63) is 28.1 Å². The van der Waals surface area contributed by atoms with E-state index in [1.807, 2.05) is 0 Å². The van der Waals surface area contributed by atoms with E-state index in [1.54, 1.807) is 0 Å². The van der Waals surface area contributed by atoms with Crippen LogP contribution in [0.2, 0.25) is 0 Å². The first-order valence-corrected chi connectivity index (χ1v) is 5.31. The van der Waals surface area contributed by atoms with Crippen molar-refractivity contribution in [3.8, 4) is 22.8 Å². The van der Waals surface area contributed by atoms with Crippen molar-refractivity contribution in [2.24, 2.45) is 0 Å². The fourth-order valence-electron chi connectivity index (χ4n) is 1.29. The van der Waals surface area contributed by atoms with Crippen molar-refractivity contribution >= 4 is 21.9 Å². The minimum atomic E-state index is -1.31. The van der Waals surface area contributed by atoms with E-state index < -0.39 is 23.3 Å². The summed E-state index contributed by atoms with van der Waals surface area (Å²) in [7, 11) is 0. The van der Waals surface area contributed by atoms with Gasteiger partial charge >= 0.3 is 5.97 Å². The Morgan fingerprint density at radius 2 is 2.00 bits per heavy atom. The van der Waals surface area contributed by atoms with Crippen LogP contribution >= 0.6 is 15.9 Å². The standard InChI is InChI=1S/C10H5BrFNO5/c11-4-1-3(8(14)9(15)7(4)12)6-2-5(10(16)17)13-18-6/h1-2,14-15H,(H,16,17). The summed E-state index contributed by atoms with van der Waals surface area (Å²) in [6.07, 6.45) is 0. The molecule has 6 nitrogen and oxygen atoms in total. The predicted octanol–water partition coefficient (Wildman–Crippen LogP) is 2.35. The molecule has 18 heavy (non-hydrogen) atoms. The molecule has 0 unspecified atom stereocenters. The Labute approximate surface area is 107 Å². The van der Waals surface area contributed by atoms with Gasteiger partial charge in [-0.1, -0.05) is 5.16 Å². The van der Waals surface area contributed by atoms with Gasteiger partial charge < -0.3 is 19.8 Å². The van der Waals surface area contributed by atoms with Gasteiger partial charge in [-0.2, -0.15) is 0 Å². The topological polar surface area (TPSA) is 104 Å². The molecule has 0 saturated heterocycles. The lowest BCUT2D eigenvalue weighted by atomic mass is 10.1. The number of carboxylic acids is 1. The molecular formula is C10H5BrFNO5. The smallest absolute Gasteiger partial charge is 0.358 e. The predicted molar refractivity (Wildman–Crippen MR) is 59.9 cm³/mol. The second-order valence-corrected chi connectivity index (χ2v) is 4.15. The van der Waals surface area contributed by atoms with Crippen molar-refractivity contribution in [2.45, 2.75) is 0 Å². The van der Waals surface area contributed by atoms with Crippen molar-refractivity contribution < 1.29 is 29.0 Å². The maximum atomic E-state index is 13.2. The molecule has 3 N–H and O–H groups in total. The van der Waals surface area contributed by atoms with Gasteiger partial charge in [0.05, 0.1) is 10.0 Å². The monoisotopic (exact) mass is 317 g/mol. The Kier molecular flexibility index (Phi) is 2.95. The van der Waals surface area contributed by atoms with E-state index in [0.717, 1.165) is 12.1 Å². The summed E-state index contributed by atoms with van der Waals surface area (Å²) in [6.45, 7) is 0. The molecule has 1 aromatic carbocycles. The van der Waals surface area contributed by atoms with Crippen LogP contribution < -0.4 is 0 Å². The number of carboxylic acid groups (broad SMARTS) is 1.